The number of hydrogen-bond acceptors (Lipinski definition) is 5. The zero-order valence-corrected chi connectivity index (χ0v) is 14.8. The second-order valence-electron chi connectivity index (χ2n) is 5.93. The van der Waals surface area contributed by atoms with Crippen LogP contribution >= 0.6 is 0 Å². The Morgan fingerprint density at radius 3 is 2.33 bits per heavy atom. The van der Waals surface area contributed by atoms with Crippen LogP contribution in [0.4, 0.5) is 19.0 Å². The maximum absolute atomic E-state index is 12.8. The van der Waals surface area contributed by atoms with Crippen molar-refractivity contribution >= 4 is 15.8 Å². The minimum atomic E-state index is -4.61. The number of hydrogen-bond donors (Lipinski definition) is 0. The van der Waals surface area contributed by atoms with Crippen LogP contribution in [-0.2, 0) is 16.2 Å². The standard InChI is InChI=1S/C17H15F3N4O2S/c18-17(19,20)14-2-1-3-15(10-14)27(25,26)24-8-6-23(7-9-24)16-5-4-13(11-21)12-22-16/h1-5,10,12H,6-9H2. The average molecular weight is 396 g/mol. The number of nitriles is 1. The van der Waals surface area contributed by atoms with Gasteiger partial charge in [0.05, 0.1) is 16.0 Å². The highest BCUT2D eigenvalue weighted by Crippen LogP contribution is 2.31. The molecule has 1 fully saturated rings. The van der Waals surface area contributed by atoms with Crippen LogP contribution in [0.2, 0.25) is 0 Å². The van der Waals surface area contributed by atoms with E-state index in [1.54, 1.807) is 12.1 Å². The molecule has 27 heavy (non-hydrogen) atoms. The molecule has 2 aromatic rings. The van der Waals surface area contributed by atoms with Gasteiger partial charge < -0.3 is 4.90 Å². The van der Waals surface area contributed by atoms with Gasteiger partial charge in [0, 0.05) is 32.4 Å². The fraction of sp³-hybridized carbons (Fsp3) is 0.294. The molecule has 3 rings (SSSR count). The molecule has 1 aromatic heterocycles. The summed E-state index contributed by atoms with van der Waals surface area (Å²) in [4.78, 5) is 5.66. The largest absolute Gasteiger partial charge is 0.416 e. The predicted octanol–water partition coefficient (Wildman–Crippen LogP) is 2.48. The average Bonchev–Trinajstić information content (AvgIpc) is 2.67. The third-order valence-corrected chi connectivity index (χ3v) is 6.13. The molecule has 0 unspecified atom stereocenters. The SMILES string of the molecule is N#Cc1ccc(N2CCN(S(=O)(=O)c3cccc(C(F)(F)F)c3)CC2)nc1. The molecule has 6 nitrogen and oxygen atoms in total. The molecular weight excluding hydrogens is 381 g/mol. The van der Waals surface area contributed by atoms with Gasteiger partial charge in [0.1, 0.15) is 11.9 Å². The van der Waals surface area contributed by atoms with Gasteiger partial charge in [-0.3, -0.25) is 0 Å². The van der Waals surface area contributed by atoms with Crippen LogP contribution in [0.25, 0.3) is 0 Å². The second kappa shape index (κ2) is 7.17. The van der Waals surface area contributed by atoms with Crippen molar-refractivity contribution in [1.82, 2.24) is 9.29 Å². The minimum Gasteiger partial charge on any atom is -0.354 e. The highest BCUT2D eigenvalue weighted by molar-refractivity contribution is 7.89. The summed E-state index contributed by atoms with van der Waals surface area (Å²) in [5.41, 5.74) is -0.575. The fourth-order valence-corrected chi connectivity index (χ4v) is 4.25. The summed E-state index contributed by atoms with van der Waals surface area (Å²) in [7, 11) is -4.02. The van der Waals surface area contributed by atoms with Crippen molar-refractivity contribution in [2.24, 2.45) is 0 Å². The number of halogens is 3. The minimum absolute atomic E-state index is 0.125. The summed E-state index contributed by atoms with van der Waals surface area (Å²) < 4.78 is 65.1. The van der Waals surface area contributed by atoms with E-state index in [1.165, 1.54) is 16.6 Å². The van der Waals surface area contributed by atoms with Gasteiger partial charge in [-0.05, 0) is 30.3 Å². The van der Waals surface area contributed by atoms with Gasteiger partial charge in [0.2, 0.25) is 10.0 Å². The summed E-state index contributed by atoms with van der Waals surface area (Å²) in [5.74, 6) is 0.616. The number of sulfonamides is 1. The first-order valence-corrected chi connectivity index (χ1v) is 9.44. The van der Waals surface area contributed by atoms with Crippen molar-refractivity contribution < 1.29 is 21.6 Å². The molecule has 0 amide bonds. The molecule has 0 spiro atoms. The molecule has 0 radical (unpaired) electrons. The first-order valence-electron chi connectivity index (χ1n) is 8.00. The highest BCUT2D eigenvalue weighted by Gasteiger charge is 2.34. The molecule has 142 valence electrons. The Balaban J connectivity index is 1.74. The molecular formula is C17H15F3N4O2S. The summed E-state index contributed by atoms with van der Waals surface area (Å²) in [5, 5.41) is 8.79. The molecule has 1 aliphatic rings. The Hall–Kier alpha value is -2.64. The van der Waals surface area contributed by atoms with Gasteiger partial charge in [-0.1, -0.05) is 6.07 Å². The topological polar surface area (TPSA) is 77.3 Å². The normalized spacial score (nSPS) is 16.1. The summed E-state index contributed by atoms with van der Waals surface area (Å²) in [6.07, 6.45) is -3.17. The fourth-order valence-electron chi connectivity index (χ4n) is 2.78. The van der Waals surface area contributed by atoms with Gasteiger partial charge >= 0.3 is 6.18 Å². The third kappa shape index (κ3) is 4.04. The molecule has 0 N–H and O–H groups in total. The van der Waals surface area contributed by atoms with Crippen molar-refractivity contribution in [2.75, 3.05) is 31.1 Å². The Labute approximate surface area is 154 Å². The highest BCUT2D eigenvalue weighted by atomic mass is 32.2. The van der Waals surface area contributed by atoms with Crippen LogP contribution in [0.15, 0.2) is 47.5 Å². The van der Waals surface area contributed by atoms with Crippen molar-refractivity contribution in [3.63, 3.8) is 0 Å². The van der Waals surface area contributed by atoms with Crippen LogP contribution in [0.1, 0.15) is 11.1 Å². The maximum Gasteiger partial charge on any atom is 0.416 e. The van der Waals surface area contributed by atoms with Crippen molar-refractivity contribution in [1.29, 1.82) is 5.26 Å². The number of aromatic nitrogens is 1. The predicted molar refractivity (Wildman–Crippen MR) is 91.4 cm³/mol. The summed E-state index contributed by atoms with van der Waals surface area (Å²) >= 11 is 0. The van der Waals surface area contributed by atoms with Gasteiger partial charge in [-0.25, -0.2) is 13.4 Å². The van der Waals surface area contributed by atoms with E-state index in [1.807, 2.05) is 11.0 Å². The number of piperazine rings is 1. The Morgan fingerprint density at radius 1 is 1.07 bits per heavy atom. The van der Waals surface area contributed by atoms with Crippen molar-refractivity contribution in [2.45, 2.75) is 11.1 Å². The number of rotatable bonds is 3. The Kier molecular flexibility index (Phi) is 5.08. The zero-order valence-electron chi connectivity index (χ0n) is 14.0. The van der Waals surface area contributed by atoms with E-state index >= 15 is 0 Å². The first-order chi connectivity index (χ1) is 12.7. The lowest BCUT2D eigenvalue weighted by Crippen LogP contribution is -2.48. The van der Waals surface area contributed by atoms with Crippen LogP contribution < -0.4 is 4.90 Å². The Morgan fingerprint density at radius 2 is 1.78 bits per heavy atom. The lowest BCUT2D eigenvalue weighted by Gasteiger charge is -2.34. The zero-order chi connectivity index (χ0) is 19.7. The van der Waals surface area contributed by atoms with Gasteiger partial charge in [0.25, 0.3) is 0 Å². The molecule has 0 aliphatic carbocycles. The first kappa shape index (κ1) is 19.1. The van der Waals surface area contributed by atoms with E-state index in [2.05, 4.69) is 4.98 Å². The van der Waals surface area contributed by atoms with Gasteiger partial charge in [-0.15, -0.1) is 0 Å². The van der Waals surface area contributed by atoms with Crippen molar-refractivity contribution in [3.8, 4) is 6.07 Å². The van der Waals surface area contributed by atoms with Gasteiger partial charge in [0.15, 0.2) is 0 Å². The van der Waals surface area contributed by atoms with Crippen molar-refractivity contribution in [3.05, 3.63) is 53.7 Å². The molecule has 1 saturated heterocycles. The molecule has 2 heterocycles. The van der Waals surface area contributed by atoms with Gasteiger partial charge in [-0.2, -0.15) is 22.7 Å². The number of benzene rings is 1. The molecule has 0 atom stereocenters. The number of nitrogens with zero attached hydrogens (tertiary/aromatic N) is 4. The quantitative estimate of drug-likeness (QED) is 0.797. The van der Waals surface area contributed by atoms with E-state index in [4.69, 9.17) is 5.26 Å². The van der Waals surface area contributed by atoms with Crippen LogP contribution in [0, 0.1) is 11.3 Å². The number of anilines is 1. The molecule has 0 saturated carbocycles. The van der Waals surface area contributed by atoms with E-state index in [0.717, 1.165) is 12.1 Å². The van der Waals surface area contributed by atoms with E-state index in [-0.39, 0.29) is 18.0 Å². The summed E-state index contributed by atoms with van der Waals surface area (Å²) in [6.45, 7) is 0.939. The Bertz CT molecular complexity index is 961. The van der Waals surface area contributed by atoms with E-state index < -0.39 is 21.8 Å². The third-order valence-electron chi connectivity index (χ3n) is 4.24. The summed E-state index contributed by atoms with van der Waals surface area (Å²) in [6, 6.07) is 9.02. The molecule has 0 bridgehead atoms. The lowest BCUT2D eigenvalue weighted by molar-refractivity contribution is -0.137. The lowest BCUT2D eigenvalue weighted by atomic mass is 10.2. The van der Waals surface area contributed by atoms with Crippen LogP contribution in [0.3, 0.4) is 0 Å². The van der Waals surface area contributed by atoms with E-state index in [0.29, 0.717) is 30.5 Å². The van der Waals surface area contributed by atoms with Crippen LogP contribution in [0.5, 0.6) is 0 Å². The number of pyridine rings is 1. The molecule has 1 aliphatic heterocycles. The maximum atomic E-state index is 12.8. The second-order valence-corrected chi connectivity index (χ2v) is 7.87. The number of alkyl halides is 3. The molecule has 10 heteroatoms. The molecule has 1 aromatic carbocycles. The van der Waals surface area contributed by atoms with Crippen LogP contribution in [-0.4, -0.2) is 43.9 Å². The smallest absolute Gasteiger partial charge is 0.354 e. The van der Waals surface area contributed by atoms with E-state index in [9.17, 15) is 21.6 Å². The monoisotopic (exact) mass is 396 g/mol.